The fourth-order valence-electron chi connectivity index (χ4n) is 3.15. The maximum atomic E-state index is 12.3. The van der Waals surface area contributed by atoms with Crippen molar-refractivity contribution < 1.29 is 14.3 Å². The number of hydrogen-bond donors (Lipinski definition) is 0. The number of carbonyl (C=O) groups excluding carboxylic acids is 2. The molecule has 2 saturated carbocycles. The van der Waals surface area contributed by atoms with E-state index in [1.165, 1.54) is 12.8 Å². The molecule has 108 valence electrons. The van der Waals surface area contributed by atoms with Crippen molar-refractivity contribution in [3.8, 4) is 0 Å². The maximum Gasteiger partial charge on any atom is 0.340 e. The smallest absolute Gasteiger partial charge is 0.340 e. The van der Waals surface area contributed by atoms with Gasteiger partial charge in [-0.3, -0.25) is 4.79 Å². The second kappa shape index (κ2) is 5.08. The Bertz CT molecular complexity index is 554. The summed E-state index contributed by atoms with van der Waals surface area (Å²) in [4.78, 5) is 24.1. The Kier molecular flexibility index (Phi) is 3.40. The van der Waals surface area contributed by atoms with Gasteiger partial charge in [0.05, 0.1) is 5.56 Å². The van der Waals surface area contributed by atoms with Crippen LogP contribution in [0.3, 0.4) is 0 Å². The molecule has 4 heteroatoms. The van der Waals surface area contributed by atoms with E-state index in [1.54, 1.807) is 0 Å². The Morgan fingerprint density at radius 1 is 1.25 bits per heavy atom. The van der Waals surface area contributed by atoms with E-state index in [-0.39, 0.29) is 11.8 Å². The first kappa shape index (κ1) is 13.4. The first-order valence-corrected chi connectivity index (χ1v) is 7.50. The number of ether oxygens (including phenoxy) is 1. The number of Topliss-reactive ketones (excluding diaryl/α,β-unsaturated/α-hetero) is 1. The van der Waals surface area contributed by atoms with Crippen LogP contribution in [0.5, 0.6) is 0 Å². The summed E-state index contributed by atoms with van der Waals surface area (Å²) in [6.07, 6.45) is 4.94. The van der Waals surface area contributed by atoms with Crippen molar-refractivity contribution in [1.82, 2.24) is 4.57 Å². The van der Waals surface area contributed by atoms with Crippen LogP contribution in [0.2, 0.25) is 0 Å². The summed E-state index contributed by atoms with van der Waals surface area (Å²) in [6.45, 7) is 3.98. The third-order valence-corrected chi connectivity index (χ3v) is 4.36. The molecule has 0 radical (unpaired) electrons. The zero-order valence-corrected chi connectivity index (χ0v) is 12.1. The summed E-state index contributed by atoms with van der Waals surface area (Å²) < 4.78 is 7.66. The number of esters is 1. The molecule has 0 bridgehead atoms. The third-order valence-electron chi connectivity index (χ3n) is 4.36. The monoisotopic (exact) mass is 275 g/mol. The maximum absolute atomic E-state index is 12.3. The standard InChI is InChI=1S/C16H21NO3/c1-10-9-13(11(2)17(10)12-7-8-12)16(19)20-15-6-4-3-5-14(15)18/h9,12,15H,3-8H2,1-2H3. The molecule has 4 nitrogen and oxygen atoms in total. The lowest BCUT2D eigenvalue weighted by molar-refractivity contribution is -0.129. The predicted molar refractivity (Wildman–Crippen MR) is 74.9 cm³/mol. The molecule has 0 amide bonds. The van der Waals surface area contributed by atoms with Gasteiger partial charge in [-0.15, -0.1) is 0 Å². The molecule has 2 fully saturated rings. The van der Waals surface area contributed by atoms with Gasteiger partial charge in [-0.25, -0.2) is 4.79 Å². The van der Waals surface area contributed by atoms with E-state index in [1.807, 2.05) is 19.9 Å². The topological polar surface area (TPSA) is 48.3 Å². The molecule has 3 rings (SSSR count). The minimum absolute atomic E-state index is 0.0700. The van der Waals surface area contributed by atoms with Crippen LogP contribution < -0.4 is 0 Å². The highest BCUT2D eigenvalue weighted by atomic mass is 16.5. The molecule has 0 aliphatic heterocycles. The Balaban J connectivity index is 1.77. The molecule has 1 heterocycles. The Hall–Kier alpha value is -1.58. The number of nitrogens with zero attached hydrogens (tertiary/aromatic N) is 1. The summed E-state index contributed by atoms with van der Waals surface area (Å²) >= 11 is 0. The van der Waals surface area contributed by atoms with Gasteiger partial charge in [-0.1, -0.05) is 0 Å². The molecule has 2 aliphatic rings. The lowest BCUT2D eigenvalue weighted by atomic mass is 9.96. The van der Waals surface area contributed by atoms with E-state index in [4.69, 9.17) is 4.74 Å². The number of rotatable bonds is 3. The molecule has 0 N–H and O–H groups in total. The fraction of sp³-hybridized carbons (Fsp3) is 0.625. The van der Waals surface area contributed by atoms with E-state index in [0.29, 0.717) is 24.4 Å². The molecule has 1 unspecified atom stereocenters. The Morgan fingerprint density at radius 2 is 2.00 bits per heavy atom. The van der Waals surface area contributed by atoms with E-state index < -0.39 is 6.10 Å². The number of carbonyl (C=O) groups is 2. The Morgan fingerprint density at radius 3 is 2.65 bits per heavy atom. The van der Waals surface area contributed by atoms with Crippen molar-refractivity contribution in [1.29, 1.82) is 0 Å². The molecule has 1 aromatic heterocycles. The summed E-state index contributed by atoms with van der Waals surface area (Å²) in [5, 5.41) is 0. The van der Waals surface area contributed by atoms with Gasteiger partial charge >= 0.3 is 5.97 Å². The highest BCUT2D eigenvalue weighted by Gasteiger charge is 2.31. The van der Waals surface area contributed by atoms with Crippen LogP contribution in [-0.4, -0.2) is 22.4 Å². The van der Waals surface area contributed by atoms with E-state index >= 15 is 0 Å². The molecule has 1 atom stereocenters. The number of hydrogen-bond acceptors (Lipinski definition) is 3. The lowest BCUT2D eigenvalue weighted by Crippen LogP contribution is -2.30. The van der Waals surface area contributed by atoms with Gasteiger partial charge in [0.2, 0.25) is 0 Å². The average molecular weight is 275 g/mol. The summed E-state index contributed by atoms with van der Waals surface area (Å²) in [7, 11) is 0. The molecular formula is C16H21NO3. The van der Waals surface area contributed by atoms with Crippen molar-refractivity contribution in [2.45, 2.75) is 64.5 Å². The largest absolute Gasteiger partial charge is 0.451 e. The van der Waals surface area contributed by atoms with Gasteiger partial charge < -0.3 is 9.30 Å². The molecular weight excluding hydrogens is 254 g/mol. The van der Waals surface area contributed by atoms with Crippen LogP contribution in [0.25, 0.3) is 0 Å². The minimum Gasteiger partial charge on any atom is -0.451 e. The van der Waals surface area contributed by atoms with E-state index in [2.05, 4.69) is 4.57 Å². The quantitative estimate of drug-likeness (QED) is 0.796. The van der Waals surface area contributed by atoms with Crippen molar-refractivity contribution in [3.63, 3.8) is 0 Å². The average Bonchev–Trinajstić information content (AvgIpc) is 3.19. The van der Waals surface area contributed by atoms with Crippen LogP contribution >= 0.6 is 0 Å². The first-order chi connectivity index (χ1) is 9.58. The first-order valence-electron chi connectivity index (χ1n) is 7.50. The zero-order valence-electron chi connectivity index (χ0n) is 12.1. The molecule has 0 saturated heterocycles. The summed E-state index contributed by atoms with van der Waals surface area (Å²) in [6, 6.07) is 2.44. The van der Waals surface area contributed by atoms with Gasteiger partial charge in [0.15, 0.2) is 11.9 Å². The second-order valence-electron chi connectivity index (χ2n) is 5.99. The Labute approximate surface area is 119 Å². The van der Waals surface area contributed by atoms with Gasteiger partial charge in [-0.2, -0.15) is 0 Å². The van der Waals surface area contributed by atoms with Crippen LogP contribution in [-0.2, 0) is 9.53 Å². The number of aromatic nitrogens is 1. The molecule has 2 aliphatic carbocycles. The zero-order chi connectivity index (χ0) is 14.3. The van der Waals surface area contributed by atoms with Crippen molar-refractivity contribution in [3.05, 3.63) is 23.0 Å². The van der Waals surface area contributed by atoms with Crippen LogP contribution in [0.15, 0.2) is 6.07 Å². The van der Waals surface area contributed by atoms with Crippen LogP contribution in [0.4, 0.5) is 0 Å². The van der Waals surface area contributed by atoms with Crippen molar-refractivity contribution in [2.24, 2.45) is 0 Å². The normalized spacial score (nSPS) is 22.9. The van der Waals surface area contributed by atoms with Gasteiger partial charge in [0, 0.05) is 23.9 Å². The fourth-order valence-corrected chi connectivity index (χ4v) is 3.15. The van der Waals surface area contributed by atoms with Crippen molar-refractivity contribution in [2.75, 3.05) is 0 Å². The SMILES string of the molecule is Cc1cc(C(=O)OC2CCCCC2=O)c(C)n1C1CC1. The van der Waals surface area contributed by atoms with Crippen LogP contribution in [0.1, 0.15) is 66.3 Å². The number of aryl methyl sites for hydroxylation is 1. The molecule has 0 spiro atoms. The minimum atomic E-state index is -0.528. The predicted octanol–water partition coefficient (Wildman–Crippen LogP) is 3.11. The summed E-state index contributed by atoms with van der Waals surface area (Å²) in [5.74, 6) is -0.272. The summed E-state index contributed by atoms with van der Waals surface area (Å²) in [5.41, 5.74) is 2.69. The van der Waals surface area contributed by atoms with E-state index in [0.717, 1.165) is 24.2 Å². The lowest BCUT2D eigenvalue weighted by Gasteiger charge is -2.20. The molecule has 20 heavy (non-hydrogen) atoms. The van der Waals surface area contributed by atoms with Crippen molar-refractivity contribution >= 4 is 11.8 Å². The van der Waals surface area contributed by atoms with Crippen LogP contribution in [0, 0.1) is 13.8 Å². The van der Waals surface area contributed by atoms with E-state index in [9.17, 15) is 9.59 Å². The van der Waals surface area contributed by atoms with Gasteiger partial charge in [-0.05, 0) is 52.0 Å². The highest BCUT2D eigenvalue weighted by molar-refractivity contribution is 5.94. The highest BCUT2D eigenvalue weighted by Crippen LogP contribution is 2.38. The molecule has 0 aromatic carbocycles. The second-order valence-corrected chi connectivity index (χ2v) is 5.99. The third kappa shape index (κ3) is 2.39. The van der Waals surface area contributed by atoms with Gasteiger partial charge in [0.1, 0.15) is 0 Å². The number of ketones is 1. The van der Waals surface area contributed by atoms with Gasteiger partial charge in [0.25, 0.3) is 0 Å². The molecule has 1 aromatic rings.